The molecular formula is C9H10F4O2S. The molecule has 0 aliphatic heterocycles. The van der Waals surface area contributed by atoms with Crippen LogP contribution in [-0.2, 0) is 11.3 Å². The summed E-state index contributed by atoms with van der Waals surface area (Å²) in [6, 6.07) is 7.73. The molecule has 0 amide bonds. The van der Waals surface area contributed by atoms with Gasteiger partial charge in [-0.15, -0.1) is 15.5 Å². The minimum atomic E-state index is -8.67. The van der Waals surface area contributed by atoms with Crippen molar-refractivity contribution in [1.82, 2.24) is 0 Å². The van der Waals surface area contributed by atoms with E-state index in [1.54, 1.807) is 18.2 Å². The Labute approximate surface area is 89.6 Å². The molecule has 0 heterocycles. The van der Waals surface area contributed by atoms with Gasteiger partial charge < -0.3 is 4.74 Å². The van der Waals surface area contributed by atoms with E-state index in [0.29, 0.717) is 5.56 Å². The van der Waals surface area contributed by atoms with Crippen LogP contribution in [0.3, 0.4) is 0 Å². The van der Waals surface area contributed by atoms with Gasteiger partial charge in [-0.1, -0.05) is 30.3 Å². The Kier molecular flexibility index (Phi) is 2.51. The summed E-state index contributed by atoms with van der Waals surface area (Å²) in [6.07, 6.45) is -0.659. The zero-order valence-electron chi connectivity index (χ0n) is 8.33. The van der Waals surface area contributed by atoms with Gasteiger partial charge in [-0.25, -0.2) is 4.79 Å². The van der Waals surface area contributed by atoms with E-state index in [1.807, 2.05) is 0 Å². The van der Waals surface area contributed by atoms with Crippen molar-refractivity contribution in [1.29, 1.82) is 0 Å². The maximum Gasteiger partial charge on any atom is 0.434 e. The Morgan fingerprint density at radius 3 is 2.12 bits per heavy atom. The van der Waals surface area contributed by atoms with Crippen molar-refractivity contribution in [3.63, 3.8) is 0 Å². The monoisotopic (exact) mass is 258 g/mol. The van der Waals surface area contributed by atoms with E-state index in [-0.39, 0.29) is 0 Å². The van der Waals surface area contributed by atoms with Crippen LogP contribution in [0.25, 0.3) is 0 Å². The fourth-order valence-corrected chi connectivity index (χ4v) is 1.22. The van der Waals surface area contributed by atoms with E-state index >= 15 is 0 Å². The van der Waals surface area contributed by atoms with Gasteiger partial charge in [-0.2, -0.15) is 0 Å². The lowest BCUT2D eigenvalue weighted by Gasteiger charge is -2.41. The van der Waals surface area contributed by atoms with Crippen LogP contribution < -0.4 is 0 Å². The highest BCUT2D eigenvalue weighted by Gasteiger charge is 2.67. The zero-order chi connectivity index (χ0) is 12.5. The van der Waals surface area contributed by atoms with Gasteiger partial charge in [0.05, 0.1) is 6.26 Å². The molecule has 16 heavy (non-hydrogen) atoms. The first-order chi connectivity index (χ1) is 6.99. The molecule has 0 unspecified atom stereocenters. The Morgan fingerprint density at radius 2 is 1.69 bits per heavy atom. The van der Waals surface area contributed by atoms with E-state index in [9.17, 15) is 20.3 Å². The Hall–Kier alpha value is -1.24. The molecule has 0 aromatic heterocycles. The molecule has 7 heteroatoms. The Morgan fingerprint density at radius 1 is 1.19 bits per heavy atom. The number of ether oxygens (including phenoxy) is 1. The van der Waals surface area contributed by atoms with Crippen LogP contribution in [0.5, 0.6) is 0 Å². The maximum absolute atomic E-state index is 12.5. The van der Waals surface area contributed by atoms with Crippen LogP contribution in [0.2, 0.25) is 0 Å². The lowest BCUT2D eigenvalue weighted by atomic mass is 10.2. The summed E-state index contributed by atoms with van der Waals surface area (Å²) in [6.45, 7) is -0.602. The van der Waals surface area contributed by atoms with Gasteiger partial charge in [-0.05, 0) is 5.56 Å². The van der Waals surface area contributed by atoms with Crippen molar-refractivity contribution >= 4 is 15.1 Å². The van der Waals surface area contributed by atoms with Gasteiger partial charge in [0.25, 0.3) is 0 Å². The number of carbonyl (C=O) groups excluding carboxylic acids is 1. The predicted molar refractivity (Wildman–Crippen MR) is 54.6 cm³/mol. The van der Waals surface area contributed by atoms with Crippen LogP contribution in [-0.4, -0.2) is 11.6 Å². The second-order valence-corrected chi connectivity index (χ2v) is 6.80. The summed E-state index contributed by atoms with van der Waals surface area (Å²) in [4.78, 5) is 10.6. The molecule has 0 atom stereocenters. The molecular weight excluding hydrogens is 248 g/mol. The third kappa shape index (κ3) is 3.73. The highest BCUT2D eigenvalue weighted by Crippen LogP contribution is 2.94. The van der Waals surface area contributed by atoms with E-state index in [0.717, 1.165) is 0 Å². The maximum atomic E-state index is 12.5. The van der Waals surface area contributed by atoms with E-state index < -0.39 is 28.0 Å². The molecule has 1 aromatic rings. The van der Waals surface area contributed by atoms with Crippen molar-refractivity contribution in [2.45, 2.75) is 6.61 Å². The largest absolute Gasteiger partial charge is 0.448 e. The minimum Gasteiger partial charge on any atom is -0.448 e. The average molecular weight is 258 g/mol. The average Bonchev–Trinajstić information content (AvgIpc) is 2.12. The summed E-state index contributed by atoms with van der Waals surface area (Å²) in [5.74, 6) is 0. The van der Waals surface area contributed by atoms with Gasteiger partial charge in [-0.3, -0.25) is 0 Å². The van der Waals surface area contributed by atoms with Gasteiger partial charge >= 0.3 is 5.30 Å². The van der Waals surface area contributed by atoms with Crippen molar-refractivity contribution in [3.05, 3.63) is 35.9 Å². The number of carbonyl (C=O) groups is 1. The third-order valence-corrected chi connectivity index (χ3v) is 2.57. The normalized spacial score (nSPS) is 16.1. The fraction of sp³-hybridized carbons (Fsp3) is 0.222. The summed E-state index contributed by atoms with van der Waals surface area (Å²) in [7, 11) is -8.67. The second kappa shape index (κ2) is 3.13. The summed E-state index contributed by atoms with van der Waals surface area (Å²) in [5.41, 5.74) is 0.359. The number of halogens is 4. The van der Waals surface area contributed by atoms with Crippen molar-refractivity contribution in [2.24, 2.45) is 0 Å². The molecule has 1 aromatic carbocycles. The van der Waals surface area contributed by atoms with Crippen LogP contribution in [0, 0.1) is 0 Å². The molecule has 1 rings (SSSR count). The number of benzene rings is 1. The molecule has 0 saturated heterocycles. The summed E-state index contributed by atoms with van der Waals surface area (Å²) >= 11 is 0. The van der Waals surface area contributed by atoms with Gasteiger partial charge in [0.2, 0.25) is 9.84 Å². The molecule has 0 fully saturated rings. The van der Waals surface area contributed by atoms with Gasteiger partial charge in [0.15, 0.2) is 0 Å². The SMILES string of the molecule is CS(F)(F)(F)(F)C(=O)OCc1ccccc1. The molecule has 0 spiro atoms. The van der Waals surface area contributed by atoms with Crippen molar-refractivity contribution in [2.75, 3.05) is 6.26 Å². The number of hydrogen-bond donors (Lipinski definition) is 0. The predicted octanol–water partition coefficient (Wildman–Crippen LogP) is 4.37. The van der Waals surface area contributed by atoms with Gasteiger partial charge in [0.1, 0.15) is 6.61 Å². The lowest BCUT2D eigenvalue weighted by Crippen LogP contribution is -2.23. The van der Waals surface area contributed by atoms with E-state index in [4.69, 9.17) is 0 Å². The van der Waals surface area contributed by atoms with Crippen LogP contribution >= 0.6 is 9.84 Å². The Bertz CT molecular complexity index is 398. The first kappa shape index (κ1) is 12.8. The molecule has 0 radical (unpaired) electrons. The van der Waals surface area contributed by atoms with E-state index in [2.05, 4.69) is 4.74 Å². The highest BCUT2D eigenvalue weighted by atomic mass is 32.5. The van der Waals surface area contributed by atoms with Crippen LogP contribution in [0.4, 0.5) is 20.3 Å². The molecule has 0 aliphatic carbocycles. The lowest BCUT2D eigenvalue weighted by molar-refractivity contribution is 0.157. The van der Waals surface area contributed by atoms with Crippen LogP contribution in [0.1, 0.15) is 5.56 Å². The Balaban J connectivity index is 2.70. The first-order valence-corrected chi connectivity index (χ1v) is 6.65. The van der Waals surface area contributed by atoms with E-state index in [1.165, 1.54) is 12.1 Å². The summed E-state index contributed by atoms with van der Waals surface area (Å²) in [5, 5.41) is -2.75. The first-order valence-electron chi connectivity index (χ1n) is 4.19. The fourth-order valence-electron chi connectivity index (χ4n) is 0.865. The highest BCUT2D eigenvalue weighted by molar-refractivity contribution is 8.59. The smallest absolute Gasteiger partial charge is 0.434 e. The quantitative estimate of drug-likeness (QED) is 0.581. The standard InChI is InChI=1S/C9H10F4O2S/c1-16(10,11,12,13)9(14)15-7-8-5-3-2-4-6-8/h2-6H,7H2,1H3. The van der Waals surface area contributed by atoms with Crippen molar-refractivity contribution in [3.8, 4) is 0 Å². The third-order valence-electron chi connectivity index (χ3n) is 1.62. The molecule has 0 bridgehead atoms. The number of rotatable bonds is 2. The van der Waals surface area contributed by atoms with Crippen molar-refractivity contribution < 1.29 is 25.1 Å². The molecule has 0 aliphatic rings. The molecule has 0 N–H and O–H groups in total. The minimum absolute atomic E-state index is 0.359. The molecule has 0 saturated carbocycles. The second-order valence-electron chi connectivity index (χ2n) is 3.50. The number of hydrogen-bond acceptors (Lipinski definition) is 2. The summed E-state index contributed by atoms with van der Waals surface area (Å²) < 4.78 is 53.9. The van der Waals surface area contributed by atoms with Gasteiger partial charge in [0, 0.05) is 0 Å². The molecule has 92 valence electrons. The van der Waals surface area contributed by atoms with Crippen LogP contribution in [0.15, 0.2) is 30.3 Å². The topological polar surface area (TPSA) is 26.3 Å². The molecule has 2 nitrogen and oxygen atoms in total. The zero-order valence-corrected chi connectivity index (χ0v) is 9.15.